The van der Waals surface area contributed by atoms with E-state index in [-0.39, 0.29) is 12.0 Å². The van der Waals surface area contributed by atoms with Crippen molar-refractivity contribution >= 4 is 0 Å². The van der Waals surface area contributed by atoms with Gasteiger partial charge in [0.25, 0.3) is 0 Å². The molecule has 1 aliphatic rings. The lowest BCUT2D eigenvalue weighted by Gasteiger charge is -2.25. The first-order valence-corrected chi connectivity index (χ1v) is 6.45. The van der Waals surface area contributed by atoms with Crippen molar-refractivity contribution in [2.24, 2.45) is 5.73 Å². The van der Waals surface area contributed by atoms with Gasteiger partial charge in [0, 0.05) is 12.0 Å². The van der Waals surface area contributed by atoms with Gasteiger partial charge in [-0.05, 0) is 30.2 Å². The predicted molar refractivity (Wildman–Crippen MR) is 81.8 cm³/mol. The molecule has 0 spiro atoms. The van der Waals surface area contributed by atoms with Gasteiger partial charge in [0.05, 0.1) is 0 Å². The van der Waals surface area contributed by atoms with Gasteiger partial charge >= 0.3 is 0 Å². The molecule has 1 heteroatoms. The van der Waals surface area contributed by atoms with Crippen molar-refractivity contribution in [2.75, 3.05) is 0 Å². The summed E-state index contributed by atoms with van der Waals surface area (Å²) in [4.78, 5) is 0. The standard InChI is InChI=1S/C18H19N/c1-14(2)18(19)17(16-12-8-5-9-13-16)15-10-6-3-4-7-11-15/h3-6,8-13,17-18H,1,19H2,2H3. The van der Waals surface area contributed by atoms with Gasteiger partial charge in [0.2, 0.25) is 0 Å². The monoisotopic (exact) mass is 249 g/mol. The lowest BCUT2D eigenvalue weighted by molar-refractivity contribution is 0.669. The molecule has 1 aliphatic carbocycles. The van der Waals surface area contributed by atoms with Crippen molar-refractivity contribution in [3.8, 4) is 0 Å². The first-order valence-electron chi connectivity index (χ1n) is 6.45. The maximum absolute atomic E-state index is 6.35. The van der Waals surface area contributed by atoms with Gasteiger partial charge in [-0.2, -0.15) is 0 Å². The Labute approximate surface area is 115 Å². The Hall–Kier alpha value is -2.08. The Morgan fingerprint density at radius 1 is 1.21 bits per heavy atom. The lowest BCUT2D eigenvalue weighted by Crippen LogP contribution is -2.30. The van der Waals surface area contributed by atoms with E-state index in [1.54, 1.807) is 0 Å². The summed E-state index contributed by atoms with van der Waals surface area (Å²) in [5, 5.41) is 0. The summed E-state index contributed by atoms with van der Waals surface area (Å²) in [6, 6.07) is 10.2. The minimum atomic E-state index is -0.0989. The molecule has 0 bridgehead atoms. The third-order valence-corrected chi connectivity index (χ3v) is 3.29. The first kappa shape index (κ1) is 13.4. The second-order valence-electron chi connectivity index (χ2n) is 4.79. The Morgan fingerprint density at radius 3 is 2.63 bits per heavy atom. The van der Waals surface area contributed by atoms with E-state index in [0.717, 1.165) is 11.1 Å². The third kappa shape index (κ3) is 3.23. The van der Waals surface area contributed by atoms with Gasteiger partial charge in [0.1, 0.15) is 0 Å². The Morgan fingerprint density at radius 2 is 1.95 bits per heavy atom. The van der Waals surface area contributed by atoms with Crippen molar-refractivity contribution < 1.29 is 0 Å². The van der Waals surface area contributed by atoms with E-state index in [1.807, 2.05) is 49.4 Å². The summed E-state index contributed by atoms with van der Waals surface area (Å²) in [5.41, 5.74) is 12.9. The number of hydrogen-bond donors (Lipinski definition) is 1. The average molecular weight is 249 g/mol. The van der Waals surface area contributed by atoms with E-state index in [0.29, 0.717) is 0 Å². The van der Waals surface area contributed by atoms with Crippen LogP contribution in [0.15, 0.2) is 84.2 Å². The summed E-state index contributed by atoms with van der Waals surface area (Å²) < 4.78 is 0. The molecule has 96 valence electrons. The minimum Gasteiger partial charge on any atom is -0.323 e. The summed E-state index contributed by atoms with van der Waals surface area (Å²) in [6.07, 6.45) is 9.99. The highest BCUT2D eigenvalue weighted by Crippen LogP contribution is 2.30. The largest absolute Gasteiger partial charge is 0.323 e. The van der Waals surface area contributed by atoms with Crippen LogP contribution in [0.1, 0.15) is 18.4 Å². The van der Waals surface area contributed by atoms with Crippen LogP contribution in [0.2, 0.25) is 0 Å². The molecular formula is C18H19N. The number of nitrogens with two attached hydrogens (primary N) is 1. The smallest absolute Gasteiger partial charge is 0.0359 e. The van der Waals surface area contributed by atoms with Crippen LogP contribution in [0.4, 0.5) is 0 Å². The zero-order chi connectivity index (χ0) is 13.7. The molecule has 0 saturated heterocycles. The van der Waals surface area contributed by atoms with E-state index in [1.165, 1.54) is 5.56 Å². The van der Waals surface area contributed by atoms with Crippen LogP contribution in [0.25, 0.3) is 0 Å². The summed E-state index contributed by atoms with van der Waals surface area (Å²) in [5.74, 6) is 0.113. The topological polar surface area (TPSA) is 26.0 Å². The first-order chi connectivity index (χ1) is 9.20. The maximum Gasteiger partial charge on any atom is 0.0359 e. The molecule has 1 nitrogen and oxygen atoms in total. The Kier molecular flexibility index (Phi) is 4.35. The molecule has 0 fully saturated rings. The summed E-state index contributed by atoms with van der Waals surface area (Å²) in [7, 11) is 0. The molecule has 0 saturated carbocycles. The Balaban J connectivity index is 2.46. The van der Waals surface area contributed by atoms with Gasteiger partial charge < -0.3 is 5.73 Å². The fourth-order valence-electron chi connectivity index (χ4n) is 2.22. The molecule has 0 heterocycles. The molecule has 0 aliphatic heterocycles. The van der Waals surface area contributed by atoms with Crippen LogP contribution >= 0.6 is 0 Å². The fourth-order valence-corrected chi connectivity index (χ4v) is 2.22. The van der Waals surface area contributed by atoms with E-state index < -0.39 is 0 Å². The molecule has 19 heavy (non-hydrogen) atoms. The van der Waals surface area contributed by atoms with Crippen LogP contribution in [0.3, 0.4) is 0 Å². The van der Waals surface area contributed by atoms with Crippen LogP contribution < -0.4 is 5.73 Å². The number of allylic oxidation sites excluding steroid dienone is 4. The molecule has 1 aromatic carbocycles. The van der Waals surface area contributed by atoms with Gasteiger partial charge in [-0.1, -0.05) is 60.7 Å². The minimum absolute atomic E-state index is 0.0989. The van der Waals surface area contributed by atoms with Crippen molar-refractivity contribution in [1.29, 1.82) is 0 Å². The van der Waals surface area contributed by atoms with E-state index in [4.69, 9.17) is 5.73 Å². The molecule has 2 unspecified atom stereocenters. The van der Waals surface area contributed by atoms with Crippen LogP contribution in [-0.4, -0.2) is 6.04 Å². The second-order valence-corrected chi connectivity index (χ2v) is 4.79. The molecule has 0 amide bonds. The van der Waals surface area contributed by atoms with Crippen molar-refractivity contribution in [1.82, 2.24) is 0 Å². The van der Waals surface area contributed by atoms with Crippen LogP contribution in [0.5, 0.6) is 0 Å². The normalized spacial score (nSPS) is 16.6. The molecular weight excluding hydrogens is 230 g/mol. The lowest BCUT2D eigenvalue weighted by atomic mass is 9.82. The predicted octanol–water partition coefficient (Wildman–Crippen LogP) is 3.88. The van der Waals surface area contributed by atoms with Crippen molar-refractivity contribution in [3.05, 3.63) is 89.7 Å². The van der Waals surface area contributed by atoms with Crippen molar-refractivity contribution in [3.63, 3.8) is 0 Å². The molecule has 2 N–H and O–H groups in total. The zero-order valence-electron chi connectivity index (χ0n) is 11.2. The summed E-state index contributed by atoms with van der Waals surface area (Å²) >= 11 is 0. The fraction of sp³-hybridized carbons (Fsp3) is 0.167. The molecule has 2 atom stereocenters. The van der Waals surface area contributed by atoms with Crippen molar-refractivity contribution in [2.45, 2.75) is 18.9 Å². The SMILES string of the molecule is C=C(C)C(N)C(C1=CC=CC=C=C1)c1ccccc1. The van der Waals surface area contributed by atoms with Gasteiger partial charge in [-0.3, -0.25) is 0 Å². The van der Waals surface area contributed by atoms with E-state index in [9.17, 15) is 0 Å². The number of hydrogen-bond acceptors (Lipinski definition) is 1. The maximum atomic E-state index is 6.35. The molecule has 0 radical (unpaired) electrons. The number of rotatable bonds is 4. The molecule has 2 rings (SSSR count). The highest BCUT2D eigenvalue weighted by molar-refractivity contribution is 5.42. The second kappa shape index (κ2) is 6.19. The quantitative estimate of drug-likeness (QED) is 0.636. The number of benzene rings is 1. The zero-order valence-corrected chi connectivity index (χ0v) is 11.2. The van der Waals surface area contributed by atoms with E-state index in [2.05, 4.69) is 30.5 Å². The average Bonchev–Trinajstić information content (AvgIpc) is 2.69. The highest BCUT2D eigenvalue weighted by Gasteiger charge is 2.23. The van der Waals surface area contributed by atoms with Gasteiger partial charge in [-0.25, -0.2) is 0 Å². The van der Waals surface area contributed by atoms with Gasteiger partial charge in [0.15, 0.2) is 0 Å². The van der Waals surface area contributed by atoms with E-state index >= 15 is 0 Å². The third-order valence-electron chi connectivity index (χ3n) is 3.29. The highest BCUT2D eigenvalue weighted by atomic mass is 14.7. The Bertz CT molecular complexity index is 569. The van der Waals surface area contributed by atoms with Gasteiger partial charge in [-0.15, -0.1) is 5.73 Å². The summed E-state index contributed by atoms with van der Waals surface area (Å²) in [6.45, 7) is 5.99. The van der Waals surface area contributed by atoms with Crippen LogP contribution in [-0.2, 0) is 0 Å². The van der Waals surface area contributed by atoms with Crippen LogP contribution in [0, 0.1) is 0 Å². The molecule has 1 aromatic rings. The molecule has 0 aromatic heterocycles.